The molecule has 3 heteroatoms. The number of fused-ring (bicyclic) bond motifs is 1. The summed E-state index contributed by atoms with van der Waals surface area (Å²) in [5.41, 5.74) is 1.31. The fourth-order valence-electron chi connectivity index (χ4n) is 4.95. The third-order valence-corrected chi connectivity index (χ3v) is 6.24. The minimum absolute atomic E-state index is 0.200. The Labute approximate surface area is 150 Å². The van der Waals surface area contributed by atoms with E-state index >= 15 is 0 Å². The van der Waals surface area contributed by atoms with Crippen molar-refractivity contribution in [2.75, 3.05) is 20.2 Å². The SMILES string of the molecule is CO[C@@H]1CCC[C@@]12CCCN(C(=O)Cc1ccc3ccccc3c1)C2. The molecule has 0 unspecified atom stereocenters. The number of carbonyl (C=O) groups excluding carboxylic acids is 1. The molecule has 0 aromatic heterocycles. The standard InChI is InChI=1S/C22H27NO2/c1-25-20-8-4-11-22(20)12-5-13-23(16-22)21(24)15-17-9-10-18-6-2-3-7-19(18)14-17/h2-3,6-7,9-10,14,20H,4-5,8,11-13,15-16H2,1H3/t20-,22+/m1/s1. The average Bonchev–Trinajstić information content (AvgIpc) is 3.03. The van der Waals surface area contributed by atoms with E-state index in [2.05, 4.69) is 35.2 Å². The summed E-state index contributed by atoms with van der Waals surface area (Å²) >= 11 is 0. The maximum absolute atomic E-state index is 12.9. The molecule has 0 N–H and O–H groups in total. The summed E-state index contributed by atoms with van der Waals surface area (Å²) in [7, 11) is 1.83. The number of methoxy groups -OCH3 is 1. The van der Waals surface area contributed by atoms with E-state index in [4.69, 9.17) is 4.74 Å². The van der Waals surface area contributed by atoms with E-state index in [0.29, 0.717) is 12.5 Å². The smallest absolute Gasteiger partial charge is 0.227 e. The van der Waals surface area contributed by atoms with Gasteiger partial charge in [0.1, 0.15) is 0 Å². The Balaban J connectivity index is 1.48. The maximum atomic E-state index is 12.9. The molecule has 1 saturated heterocycles. The van der Waals surface area contributed by atoms with Crippen LogP contribution in [-0.2, 0) is 16.0 Å². The van der Waals surface area contributed by atoms with Crippen LogP contribution in [0, 0.1) is 5.41 Å². The molecule has 25 heavy (non-hydrogen) atoms. The van der Waals surface area contributed by atoms with E-state index in [-0.39, 0.29) is 11.3 Å². The molecule has 0 bridgehead atoms. The number of piperidine rings is 1. The lowest BCUT2D eigenvalue weighted by Crippen LogP contribution is -2.50. The highest BCUT2D eigenvalue weighted by Gasteiger charge is 2.46. The zero-order valence-corrected chi connectivity index (χ0v) is 15.0. The second kappa shape index (κ2) is 6.80. The average molecular weight is 337 g/mol. The molecular formula is C22H27NO2. The van der Waals surface area contributed by atoms with Gasteiger partial charge in [-0.2, -0.15) is 0 Å². The first-order valence-corrected chi connectivity index (χ1v) is 9.48. The van der Waals surface area contributed by atoms with Crippen LogP contribution in [0.5, 0.6) is 0 Å². The lowest BCUT2D eigenvalue weighted by Gasteiger charge is -2.43. The molecule has 1 saturated carbocycles. The van der Waals surface area contributed by atoms with Gasteiger partial charge < -0.3 is 9.64 Å². The Hall–Kier alpha value is -1.87. The first-order chi connectivity index (χ1) is 12.2. The van der Waals surface area contributed by atoms with Gasteiger partial charge in [-0.25, -0.2) is 0 Å². The number of nitrogens with zero attached hydrogens (tertiary/aromatic N) is 1. The van der Waals surface area contributed by atoms with Crippen molar-refractivity contribution < 1.29 is 9.53 Å². The van der Waals surface area contributed by atoms with Crippen LogP contribution in [0.3, 0.4) is 0 Å². The number of amides is 1. The second-order valence-corrected chi connectivity index (χ2v) is 7.76. The van der Waals surface area contributed by atoms with Crippen molar-refractivity contribution in [3.8, 4) is 0 Å². The number of carbonyl (C=O) groups is 1. The molecule has 2 aromatic carbocycles. The Morgan fingerprint density at radius 2 is 1.96 bits per heavy atom. The van der Waals surface area contributed by atoms with Gasteiger partial charge >= 0.3 is 0 Å². The first-order valence-electron chi connectivity index (χ1n) is 9.48. The minimum Gasteiger partial charge on any atom is -0.381 e. The van der Waals surface area contributed by atoms with Crippen LogP contribution in [0.4, 0.5) is 0 Å². The van der Waals surface area contributed by atoms with Gasteiger partial charge in [-0.3, -0.25) is 4.79 Å². The number of hydrogen-bond donors (Lipinski definition) is 0. The van der Waals surface area contributed by atoms with Crippen molar-refractivity contribution in [2.24, 2.45) is 5.41 Å². The highest BCUT2D eigenvalue weighted by Crippen LogP contribution is 2.46. The summed E-state index contributed by atoms with van der Waals surface area (Å²) < 4.78 is 5.76. The number of hydrogen-bond acceptors (Lipinski definition) is 2. The van der Waals surface area contributed by atoms with Crippen molar-refractivity contribution in [1.29, 1.82) is 0 Å². The zero-order chi connectivity index (χ0) is 17.3. The van der Waals surface area contributed by atoms with Crippen molar-refractivity contribution in [3.63, 3.8) is 0 Å². The number of benzene rings is 2. The largest absolute Gasteiger partial charge is 0.381 e. The van der Waals surface area contributed by atoms with E-state index in [0.717, 1.165) is 31.5 Å². The second-order valence-electron chi connectivity index (χ2n) is 7.76. The zero-order valence-electron chi connectivity index (χ0n) is 15.0. The number of rotatable bonds is 3. The Bertz CT molecular complexity index is 771. The van der Waals surface area contributed by atoms with Gasteiger partial charge in [0.05, 0.1) is 12.5 Å². The molecule has 132 valence electrons. The van der Waals surface area contributed by atoms with Crippen molar-refractivity contribution in [1.82, 2.24) is 4.90 Å². The Morgan fingerprint density at radius 1 is 1.16 bits per heavy atom. The molecule has 3 nitrogen and oxygen atoms in total. The van der Waals surface area contributed by atoms with Gasteiger partial charge in [0.25, 0.3) is 0 Å². The van der Waals surface area contributed by atoms with Crippen molar-refractivity contribution in [3.05, 3.63) is 48.0 Å². The fourth-order valence-corrected chi connectivity index (χ4v) is 4.95. The molecule has 1 amide bonds. The van der Waals surface area contributed by atoms with Gasteiger partial charge in [0.2, 0.25) is 5.91 Å². The lowest BCUT2D eigenvalue weighted by molar-refractivity contribution is -0.136. The van der Waals surface area contributed by atoms with Crippen LogP contribution in [0.2, 0.25) is 0 Å². The third kappa shape index (κ3) is 3.18. The molecule has 2 aliphatic rings. The molecule has 1 aliphatic carbocycles. The summed E-state index contributed by atoms with van der Waals surface area (Å²) in [6.07, 6.45) is 6.69. The van der Waals surface area contributed by atoms with Crippen LogP contribution in [0.1, 0.15) is 37.7 Å². The van der Waals surface area contributed by atoms with Crippen LogP contribution >= 0.6 is 0 Å². The molecule has 4 rings (SSSR count). The highest BCUT2D eigenvalue weighted by atomic mass is 16.5. The van der Waals surface area contributed by atoms with Crippen molar-refractivity contribution >= 4 is 16.7 Å². The van der Waals surface area contributed by atoms with Crippen LogP contribution in [0.25, 0.3) is 10.8 Å². The first kappa shape index (κ1) is 16.6. The van der Waals surface area contributed by atoms with Crippen molar-refractivity contribution in [2.45, 2.75) is 44.6 Å². The number of ether oxygens (including phenoxy) is 1. The predicted molar refractivity (Wildman–Crippen MR) is 101 cm³/mol. The lowest BCUT2D eigenvalue weighted by atomic mass is 9.76. The van der Waals surface area contributed by atoms with E-state index in [9.17, 15) is 4.79 Å². The van der Waals surface area contributed by atoms with E-state index in [1.807, 2.05) is 19.2 Å². The number of likely N-dealkylation sites (tertiary alicyclic amines) is 1. The Kier molecular flexibility index (Phi) is 4.51. The highest BCUT2D eigenvalue weighted by molar-refractivity contribution is 5.85. The summed E-state index contributed by atoms with van der Waals surface area (Å²) in [4.78, 5) is 15.0. The molecule has 1 spiro atoms. The van der Waals surface area contributed by atoms with Gasteiger partial charge in [-0.05, 0) is 42.0 Å². The molecule has 2 fully saturated rings. The molecule has 1 heterocycles. The summed E-state index contributed by atoms with van der Waals surface area (Å²) in [6.45, 7) is 1.77. The Morgan fingerprint density at radius 3 is 2.80 bits per heavy atom. The molecule has 2 atom stereocenters. The third-order valence-electron chi connectivity index (χ3n) is 6.24. The van der Waals surface area contributed by atoms with Gasteiger partial charge in [0.15, 0.2) is 0 Å². The van der Waals surface area contributed by atoms with Crippen LogP contribution in [0.15, 0.2) is 42.5 Å². The molecule has 0 radical (unpaired) electrons. The monoisotopic (exact) mass is 337 g/mol. The molecular weight excluding hydrogens is 310 g/mol. The van der Waals surface area contributed by atoms with Gasteiger partial charge in [-0.1, -0.05) is 48.9 Å². The topological polar surface area (TPSA) is 29.5 Å². The molecule has 2 aromatic rings. The normalized spacial score (nSPS) is 26.4. The summed E-state index contributed by atoms with van der Waals surface area (Å²) in [5.74, 6) is 0.260. The van der Waals surface area contributed by atoms with Gasteiger partial charge in [0, 0.05) is 25.6 Å². The molecule has 1 aliphatic heterocycles. The predicted octanol–water partition coefficient (Wildman–Crippen LogP) is 4.19. The fraction of sp³-hybridized carbons (Fsp3) is 0.500. The van der Waals surface area contributed by atoms with Gasteiger partial charge in [-0.15, -0.1) is 0 Å². The van der Waals surface area contributed by atoms with Crippen LogP contribution < -0.4 is 0 Å². The van der Waals surface area contributed by atoms with Crippen LogP contribution in [-0.4, -0.2) is 37.1 Å². The van der Waals surface area contributed by atoms with E-state index < -0.39 is 0 Å². The summed E-state index contributed by atoms with van der Waals surface area (Å²) in [6, 6.07) is 14.7. The van der Waals surface area contributed by atoms with E-state index in [1.54, 1.807) is 0 Å². The minimum atomic E-state index is 0.200. The summed E-state index contributed by atoms with van der Waals surface area (Å²) in [5, 5.41) is 2.43. The van der Waals surface area contributed by atoms with E-state index in [1.165, 1.54) is 30.0 Å². The quantitative estimate of drug-likeness (QED) is 0.840. The maximum Gasteiger partial charge on any atom is 0.227 e.